The molecule has 0 atom stereocenters. The van der Waals surface area contributed by atoms with Crippen molar-refractivity contribution in [3.05, 3.63) is 29.8 Å². The predicted octanol–water partition coefficient (Wildman–Crippen LogP) is 0.968. The molecule has 0 aliphatic heterocycles. The van der Waals surface area contributed by atoms with E-state index in [1.807, 2.05) is 6.92 Å². The molecule has 2 amide bonds. The van der Waals surface area contributed by atoms with Gasteiger partial charge in [-0.05, 0) is 37.6 Å². The zero-order valence-electron chi connectivity index (χ0n) is 12.5. The summed E-state index contributed by atoms with van der Waals surface area (Å²) < 4.78 is 10.2. The molecule has 0 radical (unpaired) electrons. The molecular formula is C15H22N2O4. The van der Waals surface area contributed by atoms with E-state index in [0.717, 1.165) is 6.42 Å². The highest BCUT2D eigenvalue weighted by Crippen LogP contribution is 2.11. The van der Waals surface area contributed by atoms with E-state index in [0.29, 0.717) is 31.1 Å². The Bertz CT molecular complexity index is 445. The van der Waals surface area contributed by atoms with Crippen LogP contribution >= 0.6 is 0 Å². The lowest BCUT2D eigenvalue weighted by Gasteiger charge is -2.07. The van der Waals surface area contributed by atoms with Gasteiger partial charge in [0.15, 0.2) is 0 Å². The number of rotatable bonds is 9. The first-order chi connectivity index (χ1) is 10.2. The van der Waals surface area contributed by atoms with Crippen molar-refractivity contribution in [1.29, 1.82) is 0 Å². The van der Waals surface area contributed by atoms with Crippen LogP contribution in [0.25, 0.3) is 0 Å². The Kier molecular flexibility index (Phi) is 7.89. The molecule has 1 aromatic rings. The lowest BCUT2D eigenvalue weighted by Crippen LogP contribution is -2.37. The zero-order valence-corrected chi connectivity index (χ0v) is 12.5. The number of nitrogens with one attached hydrogen (secondary N) is 2. The van der Waals surface area contributed by atoms with Gasteiger partial charge in [-0.15, -0.1) is 0 Å². The number of benzene rings is 1. The van der Waals surface area contributed by atoms with Gasteiger partial charge >= 0.3 is 0 Å². The second-order valence-electron chi connectivity index (χ2n) is 4.34. The van der Waals surface area contributed by atoms with Crippen LogP contribution in [0.1, 0.15) is 23.7 Å². The third-order valence-corrected chi connectivity index (χ3v) is 2.68. The van der Waals surface area contributed by atoms with E-state index in [9.17, 15) is 9.59 Å². The molecule has 0 fully saturated rings. The van der Waals surface area contributed by atoms with E-state index < -0.39 is 0 Å². The van der Waals surface area contributed by atoms with E-state index in [2.05, 4.69) is 10.6 Å². The molecule has 0 saturated heterocycles. The maximum absolute atomic E-state index is 11.8. The summed E-state index contributed by atoms with van der Waals surface area (Å²) in [6.07, 6.45) is 0.745. The van der Waals surface area contributed by atoms with Crippen molar-refractivity contribution in [2.45, 2.75) is 13.3 Å². The van der Waals surface area contributed by atoms with Crippen molar-refractivity contribution in [3.63, 3.8) is 0 Å². The van der Waals surface area contributed by atoms with Crippen LogP contribution in [0.2, 0.25) is 0 Å². The second-order valence-corrected chi connectivity index (χ2v) is 4.34. The van der Waals surface area contributed by atoms with Gasteiger partial charge in [0.1, 0.15) is 5.75 Å². The topological polar surface area (TPSA) is 76.7 Å². The molecule has 0 spiro atoms. The van der Waals surface area contributed by atoms with E-state index >= 15 is 0 Å². The molecule has 1 rings (SSSR count). The summed E-state index contributed by atoms with van der Waals surface area (Å²) in [6.45, 7) is 3.56. The molecule has 1 aromatic carbocycles. The summed E-state index contributed by atoms with van der Waals surface area (Å²) >= 11 is 0. The predicted molar refractivity (Wildman–Crippen MR) is 79.4 cm³/mol. The van der Waals surface area contributed by atoms with Gasteiger partial charge in [-0.1, -0.05) is 0 Å². The third kappa shape index (κ3) is 6.76. The van der Waals surface area contributed by atoms with Gasteiger partial charge in [-0.3, -0.25) is 9.59 Å². The van der Waals surface area contributed by atoms with Crippen LogP contribution in [0.15, 0.2) is 24.3 Å². The van der Waals surface area contributed by atoms with Crippen LogP contribution < -0.4 is 15.4 Å². The lowest BCUT2D eigenvalue weighted by molar-refractivity contribution is -0.120. The van der Waals surface area contributed by atoms with Gasteiger partial charge in [0.25, 0.3) is 5.91 Å². The molecule has 6 heteroatoms. The van der Waals surface area contributed by atoms with E-state index in [1.54, 1.807) is 31.4 Å². The van der Waals surface area contributed by atoms with Crippen LogP contribution in [-0.2, 0) is 9.53 Å². The van der Waals surface area contributed by atoms with Gasteiger partial charge in [0.05, 0.1) is 13.2 Å². The van der Waals surface area contributed by atoms with Crippen molar-refractivity contribution in [2.24, 2.45) is 0 Å². The minimum Gasteiger partial charge on any atom is -0.494 e. The molecule has 0 saturated carbocycles. The van der Waals surface area contributed by atoms with Gasteiger partial charge in [0.2, 0.25) is 5.91 Å². The maximum atomic E-state index is 11.8. The van der Waals surface area contributed by atoms with Crippen LogP contribution in [0.4, 0.5) is 0 Å². The number of amides is 2. The first-order valence-corrected chi connectivity index (χ1v) is 6.94. The summed E-state index contributed by atoms with van der Waals surface area (Å²) in [5.74, 6) is 0.209. The van der Waals surface area contributed by atoms with Gasteiger partial charge in [-0.2, -0.15) is 0 Å². The third-order valence-electron chi connectivity index (χ3n) is 2.68. The van der Waals surface area contributed by atoms with E-state index in [4.69, 9.17) is 9.47 Å². The SMILES string of the molecule is CCOc1ccc(C(=O)NCC(=O)NCCCOC)cc1. The molecule has 0 aromatic heterocycles. The summed E-state index contributed by atoms with van der Waals surface area (Å²) in [5, 5.41) is 5.26. The average molecular weight is 294 g/mol. The average Bonchev–Trinajstić information content (AvgIpc) is 2.50. The Morgan fingerprint density at radius 2 is 1.86 bits per heavy atom. The Morgan fingerprint density at radius 3 is 2.48 bits per heavy atom. The highest BCUT2D eigenvalue weighted by molar-refractivity contribution is 5.96. The lowest BCUT2D eigenvalue weighted by atomic mass is 10.2. The molecule has 0 aliphatic carbocycles. The Morgan fingerprint density at radius 1 is 1.14 bits per heavy atom. The second kappa shape index (κ2) is 9.77. The minimum atomic E-state index is -0.287. The van der Waals surface area contributed by atoms with Crippen LogP contribution in [0, 0.1) is 0 Å². The monoisotopic (exact) mass is 294 g/mol. The van der Waals surface area contributed by atoms with Crippen molar-refractivity contribution in [3.8, 4) is 5.75 Å². The Balaban J connectivity index is 2.31. The molecule has 2 N–H and O–H groups in total. The maximum Gasteiger partial charge on any atom is 0.251 e. The largest absolute Gasteiger partial charge is 0.494 e. The minimum absolute atomic E-state index is 0.0426. The number of methoxy groups -OCH3 is 1. The number of ether oxygens (including phenoxy) is 2. The normalized spacial score (nSPS) is 10.0. The van der Waals surface area contributed by atoms with Gasteiger partial charge in [0, 0.05) is 25.8 Å². The fraction of sp³-hybridized carbons (Fsp3) is 0.467. The zero-order chi connectivity index (χ0) is 15.5. The summed E-state index contributed by atoms with van der Waals surface area (Å²) in [6, 6.07) is 6.78. The quantitative estimate of drug-likeness (QED) is 0.665. The van der Waals surface area contributed by atoms with Crippen molar-refractivity contribution in [2.75, 3.05) is 33.4 Å². The van der Waals surface area contributed by atoms with E-state index in [-0.39, 0.29) is 18.4 Å². The molecule has 116 valence electrons. The summed E-state index contributed by atoms with van der Waals surface area (Å²) in [4.78, 5) is 23.3. The molecule has 6 nitrogen and oxygen atoms in total. The number of carbonyl (C=O) groups excluding carboxylic acids is 2. The van der Waals surface area contributed by atoms with Crippen molar-refractivity contribution in [1.82, 2.24) is 10.6 Å². The number of carbonyl (C=O) groups is 2. The van der Waals surface area contributed by atoms with Crippen LogP contribution in [-0.4, -0.2) is 45.2 Å². The number of hydrogen-bond donors (Lipinski definition) is 2. The molecular weight excluding hydrogens is 272 g/mol. The first-order valence-electron chi connectivity index (χ1n) is 6.94. The Labute approximate surface area is 124 Å². The van der Waals surface area contributed by atoms with E-state index in [1.165, 1.54) is 0 Å². The number of hydrogen-bond acceptors (Lipinski definition) is 4. The Hall–Kier alpha value is -2.08. The van der Waals surface area contributed by atoms with Crippen molar-refractivity contribution < 1.29 is 19.1 Å². The van der Waals surface area contributed by atoms with Crippen LogP contribution in [0.3, 0.4) is 0 Å². The fourth-order valence-electron chi connectivity index (χ4n) is 1.64. The highest BCUT2D eigenvalue weighted by atomic mass is 16.5. The standard InChI is InChI=1S/C15H22N2O4/c1-3-21-13-7-5-12(6-8-13)15(19)17-11-14(18)16-9-4-10-20-2/h5-8H,3-4,9-11H2,1-2H3,(H,16,18)(H,17,19). The summed E-state index contributed by atoms with van der Waals surface area (Å²) in [7, 11) is 1.61. The molecule has 21 heavy (non-hydrogen) atoms. The first kappa shape index (κ1) is 17.0. The molecule has 0 aliphatic rings. The van der Waals surface area contributed by atoms with Crippen molar-refractivity contribution >= 4 is 11.8 Å². The van der Waals surface area contributed by atoms with Gasteiger partial charge < -0.3 is 20.1 Å². The highest BCUT2D eigenvalue weighted by Gasteiger charge is 2.07. The summed E-state index contributed by atoms with van der Waals surface area (Å²) in [5.41, 5.74) is 0.491. The molecule has 0 bridgehead atoms. The molecule has 0 unspecified atom stereocenters. The molecule has 0 heterocycles. The fourth-order valence-corrected chi connectivity index (χ4v) is 1.64. The van der Waals surface area contributed by atoms with Crippen LogP contribution in [0.5, 0.6) is 5.75 Å². The smallest absolute Gasteiger partial charge is 0.251 e. The van der Waals surface area contributed by atoms with Gasteiger partial charge in [-0.25, -0.2) is 0 Å².